The van der Waals surface area contributed by atoms with E-state index in [1.165, 1.54) is 23.5 Å². The molecule has 1 N–H and O–H groups in total. The molecule has 2 atom stereocenters. The van der Waals surface area contributed by atoms with Crippen LogP contribution in [-0.4, -0.2) is 45.3 Å². The summed E-state index contributed by atoms with van der Waals surface area (Å²) in [5, 5.41) is 4.72. The third kappa shape index (κ3) is 4.73. The molecule has 5 rings (SSSR count). The van der Waals surface area contributed by atoms with Crippen LogP contribution in [0.1, 0.15) is 52.0 Å². The number of carbonyl (C=O) groups excluding carboxylic acids is 2. The number of carbonyl (C=O) groups is 2. The molecule has 2 aromatic heterocycles. The molecule has 8 heteroatoms. The zero-order valence-electron chi connectivity index (χ0n) is 20.2. The van der Waals surface area contributed by atoms with Gasteiger partial charge in [-0.25, -0.2) is 9.37 Å². The molecule has 1 aliphatic rings. The van der Waals surface area contributed by atoms with E-state index in [0.29, 0.717) is 23.3 Å². The largest absolute Gasteiger partial charge is 0.350 e. The molecule has 1 saturated heterocycles. The molecule has 0 bridgehead atoms. The van der Waals surface area contributed by atoms with Crippen molar-refractivity contribution in [1.82, 2.24) is 20.2 Å². The molecule has 36 heavy (non-hydrogen) atoms. The van der Waals surface area contributed by atoms with Gasteiger partial charge in [0.05, 0.1) is 21.0 Å². The van der Waals surface area contributed by atoms with Gasteiger partial charge in [-0.15, -0.1) is 11.3 Å². The Labute approximate surface area is 213 Å². The van der Waals surface area contributed by atoms with Gasteiger partial charge in [0.15, 0.2) is 0 Å². The van der Waals surface area contributed by atoms with Crippen LogP contribution in [0.4, 0.5) is 4.39 Å². The third-order valence-corrected chi connectivity index (χ3v) is 7.70. The number of halogens is 1. The average molecular weight is 503 g/mol. The van der Waals surface area contributed by atoms with Crippen molar-refractivity contribution in [2.75, 3.05) is 6.54 Å². The molecular weight excluding hydrogens is 475 g/mol. The number of amides is 2. The quantitative estimate of drug-likeness (QED) is 0.384. The number of nitrogens with one attached hydrogen (secondary N) is 1. The first-order chi connectivity index (χ1) is 17.4. The lowest BCUT2D eigenvalue weighted by Crippen LogP contribution is -2.53. The highest BCUT2D eigenvalue weighted by atomic mass is 32.1. The fourth-order valence-corrected chi connectivity index (χ4v) is 5.85. The Morgan fingerprint density at radius 1 is 1.11 bits per heavy atom. The molecule has 0 unspecified atom stereocenters. The van der Waals surface area contributed by atoms with Crippen molar-refractivity contribution in [2.45, 2.75) is 45.2 Å². The highest BCUT2D eigenvalue weighted by Gasteiger charge is 2.35. The summed E-state index contributed by atoms with van der Waals surface area (Å²) >= 11 is 1.43. The predicted octanol–water partition coefficient (Wildman–Crippen LogP) is 5.62. The van der Waals surface area contributed by atoms with E-state index >= 15 is 0 Å². The van der Waals surface area contributed by atoms with Gasteiger partial charge in [0.25, 0.3) is 11.8 Å². The minimum absolute atomic E-state index is 0.00967. The molecule has 1 fully saturated rings. The number of pyridine rings is 1. The van der Waals surface area contributed by atoms with Gasteiger partial charge >= 0.3 is 0 Å². The summed E-state index contributed by atoms with van der Waals surface area (Å²) in [6.07, 6.45) is 4.33. The topological polar surface area (TPSA) is 75.2 Å². The van der Waals surface area contributed by atoms with Crippen molar-refractivity contribution < 1.29 is 14.0 Å². The van der Waals surface area contributed by atoms with Crippen LogP contribution in [0.25, 0.3) is 21.3 Å². The van der Waals surface area contributed by atoms with Gasteiger partial charge in [-0.2, -0.15) is 0 Å². The summed E-state index contributed by atoms with van der Waals surface area (Å²) in [4.78, 5) is 38.5. The highest BCUT2D eigenvalue weighted by molar-refractivity contribution is 7.15. The number of rotatable bonds is 5. The summed E-state index contributed by atoms with van der Waals surface area (Å²) in [7, 11) is 0. The van der Waals surface area contributed by atoms with Gasteiger partial charge in [0.1, 0.15) is 11.5 Å². The number of nitrogens with zero attached hydrogens (tertiary/aromatic N) is 3. The minimum atomic E-state index is -0.324. The Morgan fingerprint density at radius 2 is 1.89 bits per heavy atom. The molecule has 0 radical (unpaired) electrons. The Kier molecular flexibility index (Phi) is 6.78. The van der Waals surface area contributed by atoms with Crippen molar-refractivity contribution in [1.29, 1.82) is 0 Å². The number of hydrogen-bond donors (Lipinski definition) is 1. The first-order valence-corrected chi connectivity index (χ1v) is 12.9. The summed E-state index contributed by atoms with van der Waals surface area (Å²) in [6, 6.07) is 15.3. The standard InChI is InChI=1S/C28H27FN4O2S/c1-17-6-3-9-22(16-31-27(34)23-10-4-7-19-8-5-15-30-24(19)23)33(17)28(35)25-26(36-18(2)32-25)20-11-13-21(29)14-12-20/h4-5,7-8,10-15,17,22H,3,6,9,16H2,1-2H3,(H,31,34)/t17-,22-/m0/s1. The van der Waals surface area contributed by atoms with Crippen molar-refractivity contribution in [3.63, 3.8) is 0 Å². The fraction of sp³-hybridized carbons (Fsp3) is 0.286. The second-order valence-corrected chi connectivity index (χ2v) is 10.4. The number of thiazole rings is 1. The second kappa shape index (κ2) is 10.1. The Balaban J connectivity index is 1.39. The Bertz CT molecular complexity index is 1410. The molecule has 0 aliphatic carbocycles. The molecule has 184 valence electrons. The lowest BCUT2D eigenvalue weighted by Gasteiger charge is -2.40. The number of hydrogen-bond acceptors (Lipinski definition) is 5. The summed E-state index contributed by atoms with van der Waals surface area (Å²) in [5.41, 5.74) is 2.32. The summed E-state index contributed by atoms with van der Waals surface area (Å²) < 4.78 is 13.5. The van der Waals surface area contributed by atoms with Crippen LogP contribution in [0.2, 0.25) is 0 Å². The predicted molar refractivity (Wildman–Crippen MR) is 140 cm³/mol. The summed E-state index contributed by atoms with van der Waals surface area (Å²) in [5.74, 6) is -0.687. The van der Waals surface area contributed by atoms with E-state index in [0.717, 1.165) is 40.1 Å². The number of para-hydroxylation sites is 1. The maximum Gasteiger partial charge on any atom is 0.274 e. The van der Waals surface area contributed by atoms with Crippen molar-refractivity contribution in [3.05, 3.63) is 82.9 Å². The van der Waals surface area contributed by atoms with Crippen LogP contribution in [0.15, 0.2) is 60.8 Å². The number of piperidine rings is 1. The smallest absolute Gasteiger partial charge is 0.274 e. The van der Waals surface area contributed by atoms with Crippen LogP contribution < -0.4 is 5.32 Å². The number of fused-ring (bicyclic) bond motifs is 1. The molecule has 6 nitrogen and oxygen atoms in total. The molecule has 2 aromatic carbocycles. The first kappa shape index (κ1) is 24.1. The monoisotopic (exact) mass is 502 g/mol. The lowest BCUT2D eigenvalue weighted by molar-refractivity contribution is 0.0468. The minimum Gasteiger partial charge on any atom is -0.350 e. The van der Waals surface area contributed by atoms with E-state index in [2.05, 4.69) is 15.3 Å². The van der Waals surface area contributed by atoms with Gasteiger partial charge in [-0.3, -0.25) is 14.6 Å². The number of aryl methyl sites for hydroxylation is 1. The fourth-order valence-electron chi connectivity index (χ4n) is 4.94. The highest BCUT2D eigenvalue weighted by Crippen LogP contribution is 2.33. The summed E-state index contributed by atoms with van der Waals surface area (Å²) in [6.45, 7) is 4.24. The van der Waals surface area contributed by atoms with E-state index in [9.17, 15) is 14.0 Å². The molecular formula is C28H27FN4O2S. The number of aromatic nitrogens is 2. The van der Waals surface area contributed by atoms with Crippen LogP contribution in [0.5, 0.6) is 0 Å². The van der Waals surface area contributed by atoms with Crippen LogP contribution >= 0.6 is 11.3 Å². The maximum absolute atomic E-state index is 13.9. The van der Waals surface area contributed by atoms with E-state index in [1.807, 2.05) is 43.0 Å². The van der Waals surface area contributed by atoms with E-state index in [4.69, 9.17) is 0 Å². The normalized spacial score (nSPS) is 17.8. The second-order valence-electron chi connectivity index (χ2n) is 9.15. The molecule has 3 heterocycles. The molecule has 0 saturated carbocycles. The Morgan fingerprint density at radius 3 is 2.69 bits per heavy atom. The van der Waals surface area contributed by atoms with Crippen molar-refractivity contribution >= 4 is 34.1 Å². The zero-order valence-corrected chi connectivity index (χ0v) is 21.0. The van der Waals surface area contributed by atoms with Crippen LogP contribution in [-0.2, 0) is 0 Å². The van der Waals surface area contributed by atoms with Gasteiger partial charge in [-0.1, -0.05) is 30.3 Å². The molecule has 1 aliphatic heterocycles. The van der Waals surface area contributed by atoms with E-state index in [-0.39, 0.29) is 29.7 Å². The average Bonchev–Trinajstić information content (AvgIpc) is 3.28. The van der Waals surface area contributed by atoms with Crippen LogP contribution in [0, 0.1) is 12.7 Å². The first-order valence-electron chi connectivity index (χ1n) is 12.1. The SMILES string of the molecule is Cc1nc(C(=O)N2[C@H](CNC(=O)c3cccc4cccnc34)CCC[C@@H]2C)c(-c2ccc(F)cc2)s1. The van der Waals surface area contributed by atoms with Crippen molar-refractivity contribution in [2.24, 2.45) is 0 Å². The van der Waals surface area contributed by atoms with Gasteiger partial charge in [-0.05, 0) is 62.9 Å². The Hall–Kier alpha value is -3.65. The third-order valence-electron chi connectivity index (χ3n) is 6.68. The lowest BCUT2D eigenvalue weighted by atomic mass is 9.95. The van der Waals surface area contributed by atoms with E-state index in [1.54, 1.807) is 24.4 Å². The van der Waals surface area contributed by atoms with E-state index < -0.39 is 0 Å². The van der Waals surface area contributed by atoms with Crippen molar-refractivity contribution in [3.8, 4) is 10.4 Å². The number of benzene rings is 2. The maximum atomic E-state index is 13.9. The molecule has 0 spiro atoms. The molecule has 2 amide bonds. The van der Waals surface area contributed by atoms with Gasteiger partial charge < -0.3 is 10.2 Å². The van der Waals surface area contributed by atoms with Gasteiger partial charge in [0, 0.05) is 30.2 Å². The number of likely N-dealkylation sites (tertiary alicyclic amines) is 1. The van der Waals surface area contributed by atoms with Gasteiger partial charge in [0.2, 0.25) is 0 Å². The molecule has 4 aromatic rings. The zero-order chi connectivity index (χ0) is 25.2. The van der Waals surface area contributed by atoms with Crippen LogP contribution in [0.3, 0.4) is 0 Å².